The minimum Gasteiger partial charge on any atom is -0.368 e. The highest BCUT2D eigenvalue weighted by Crippen LogP contribution is 2.48. The lowest BCUT2D eigenvalue weighted by molar-refractivity contribution is -0.137. The van der Waals surface area contributed by atoms with E-state index in [9.17, 15) is 18.0 Å². The van der Waals surface area contributed by atoms with Gasteiger partial charge in [-0.25, -0.2) is 4.98 Å². The highest BCUT2D eigenvalue weighted by molar-refractivity contribution is 5.78. The number of pyridine rings is 1. The number of halogens is 3. The molecule has 1 aliphatic heterocycles. The molecule has 0 spiro atoms. The molecule has 32 heavy (non-hydrogen) atoms. The molecule has 2 aromatic heterocycles. The van der Waals surface area contributed by atoms with Crippen LogP contribution < -0.4 is 10.2 Å². The van der Waals surface area contributed by atoms with Crippen molar-refractivity contribution in [3.05, 3.63) is 54.1 Å². The highest BCUT2D eigenvalue weighted by Gasteiger charge is 2.42. The van der Waals surface area contributed by atoms with Gasteiger partial charge in [-0.3, -0.25) is 9.78 Å². The summed E-state index contributed by atoms with van der Waals surface area (Å²) in [7, 11) is 0. The predicted octanol–water partition coefficient (Wildman–Crippen LogP) is 4.26. The molecule has 1 saturated carbocycles. The summed E-state index contributed by atoms with van der Waals surface area (Å²) in [5.74, 6) is 1.46. The molecule has 3 aromatic rings. The number of nitrogens with zero attached hydrogens (tertiary/aromatic N) is 3. The van der Waals surface area contributed by atoms with Crippen LogP contribution >= 0.6 is 0 Å². The Bertz CT molecular complexity index is 1100. The van der Waals surface area contributed by atoms with Gasteiger partial charge >= 0.3 is 6.18 Å². The molecule has 1 amide bonds. The van der Waals surface area contributed by atoms with Gasteiger partial charge in [-0.1, -0.05) is 12.1 Å². The maximum atomic E-state index is 13.0. The Morgan fingerprint density at radius 1 is 1.25 bits per heavy atom. The summed E-state index contributed by atoms with van der Waals surface area (Å²) in [6.07, 6.45) is 0.831. The summed E-state index contributed by atoms with van der Waals surface area (Å²) >= 11 is 0. The number of aromatic amines is 1. The molecule has 2 aliphatic rings. The smallest absolute Gasteiger partial charge is 0.368 e. The number of piperidine rings is 1. The Balaban J connectivity index is 1.16. The number of carbonyl (C=O) groups excluding carboxylic acids is 1. The standard InChI is InChI=1S/C23H24F3N5O/c24-23(25,26)15-10-17(12-27-11-15)31-7-3-4-16(13-31)28-21(32)9-14-8-18(14)22-29-19-5-1-2-6-20(19)30-22/h1-2,5-6,10-12,14,16,18H,3-4,7-9,13H2,(H,28,32)(H,29,30)/t14?,16-,18?/m1/s1. The van der Waals surface area contributed by atoms with Gasteiger partial charge < -0.3 is 15.2 Å². The van der Waals surface area contributed by atoms with Crippen LogP contribution in [0.15, 0.2) is 42.7 Å². The lowest BCUT2D eigenvalue weighted by Crippen LogP contribution is -2.48. The van der Waals surface area contributed by atoms with E-state index < -0.39 is 11.7 Å². The summed E-state index contributed by atoms with van der Waals surface area (Å²) in [6.45, 7) is 1.12. The Morgan fingerprint density at radius 3 is 2.91 bits per heavy atom. The molecule has 0 radical (unpaired) electrons. The Labute approximate surface area is 183 Å². The van der Waals surface area contributed by atoms with Crippen molar-refractivity contribution in [1.82, 2.24) is 20.3 Å². The molecule has 168 valence electrons. The topological polar surface area (TPSA) is 73.9 Å². The van der Waals surface area contributed by atoms with E-state index in [0.29, 0.717) is 25.2 Å². The number of alkyl halides is 3. The molecule has 1 aromatic carbocycles. The van der Waals surface area contributed by atoms with Crippen LogP contribution in [0.5, 0.6) is 0 Å². The van der Waals surface area contributed by atoms with Crippen molar-refractivity contribution in [1.29, 1.82) is 0 Å². The molecule has 0 bridgehead atoms. The Hall–Kier alpha value is -3.10. The van der Waals surface area contributed by atoms with E-state index in [1.165, 1.54) is 6.20 Å². The van der Waals surface area contributed by atoms with E-state index in [1.807, 2.05) is 29.2 Å². The number of benzene rings is 1. The first-order chi connectivity index (χ1) is 15.4. The molecule has 3 atom stereocenters. The second-order valence-electron chi connectivity index (χ2n) is 8.73. The van der Waals surface area contributed by atoms with Crippen LogP contribution in [0.25, 0.3) is 11.0 Å². The van der Waals surface area contributed by atoms with Gasteiger partial charge in [0.15, 0.2) is 0 Å². The van der Waals surface area contributed by atoms with E-state index in [0.717, 1.165) is 48.4 Å². The number of rotatable bonds is 5. The van der Waals surface area contributed by atoms with E-state index in [1.54, 1.807) is 0 Å². The number of carbonyl (C=O) groups is 1. The minimum absolute atomic E-state index is 0.0115. The van der Waals surface area contributed by atoms with Crippen LogP contribution in [-0.2, 0) is 11.0 Å². The van der Waals surface area contributed by atoms with Gasteiger partial charge in [-0.15, -0.1) is 0 Å². The first-order valence-electron chi connectivity index (χ1n) is 10.9. The maximum absolute atomic E-state index is 13.0. The summed E-state index contributed by atoms with van der Waals surface area (Å²) in [4.78, 5) is 26.2. The van der Waals surface area contributed by atoms with E-state index in [-0.39, 0.29) is 23.8 Å². The Kier molecular flexibility index (Phi) is 5.27. The fourth-order valence-corrected chi connectivity index (χ4v) is 4.57. The third kappa shape index (κ3) is 4.42. The zero-order chi connectivity index (χ0) is 22.3. The normalized spacial score (nSPS) is 23.3. The van der Waals surface area contributed by atoms with Crippen molar-refractivity contribution >= 4 is 22.6 Å². The van der Waals surface area contributed by atoms with E-state index in [2.05, 4.69) is 20.3 Å². The largest absolute Gasteiger partial charge is 0.417 e. The average molecular weight is 443 g/mol. The first-order valence-corrected chi connectivity index (χ1v) is 10.9. The molecule has 9 heteroatoms. The van der Waals surface area contributed by atoms with Gasteiger partial charge in [0, 0.05) is 37.7 Å². The quantitative estimate of drug-likeness (QED) is 0.618. The number of fused-ring (bicyclic) bond motifs is 1. The Morgan fingerprint density at radius 2 is 2.09 bits per heavy atom. The summed E-state index contributed by atoms with van der Waals surface area (Å²) in [5, 5.41) is 3.08. The van der Waals surface area contributed by atoms with Crippen molar-refractivity contribution in [2.24, 2.45) is 5.92 Å². The zero-order valence-electron chi connectivity index (χ0n) is 17.4. The molecular weight excluding hydrogens is 419 g/mol. The number of imidazole rings is 1. The average Bonchev–Trinajstić information content (AvgIpc) is 3.39. The molecule has 6 nitrogen and oxygen atoms in total. The summed E-state index contributed by atoms with van der Waals surface area (Å²) in [5.41, 5.74) is 1.62. The SMILES string of the molecule is O=C(CC1CC1c1nc2ccccc2[nH]1)N[C@@H]1CCCN(c2cncc(C(F)(F)F)c2)C1. The van der Waals surface area contributed by atoms with Gasteiger partial charge in [0.2, 0.25) is 5.91 Å². The number of hydrogen-bond acceptors (Lipinski definition) is 4. The van der Waals surface area contributed by atoms with E-state index >= 15 is 0 Å². The number of anilines is 1. The number of aromatic nitrogens is 3. The number of amides is 1. The van der Waals surface area contributed by atoms with Crippen molar-refractivity contribution in [3.8, 4) is 0 Å². The number of H-pyrrole nitrogens is 1. The highest BCUT2D eigenvalue weighted by atomic mass is 19.4. The molecule has 1 aliphatic carbocycles. The monoisotopic (exact) mass is 443 g/mol. The molecule has 2 fully saturated rings. The van der Waals surface area contributed by atoms with Crippen LogP contribution in [0.4, 0.5) is 18.9 Å². The van der Waals surface area contributed by atoms with Crippen molar-refractivity contribution in [2.75, 3.05) is 18.0 Å². The minimum atomic E-state index is -4.42. The third-order valence-electron chi connectivity index (χ3n) is 6.33. The number of nitrogens with one attached hydrogen (secondary N) is 2. The van der Waals surface area contributed by atoms with Crippen LogP contribution in [0, 0.1) is 5.92 Å². The first kappa shape index (κ1) is 20.8. The number of hydrogen-bond donors (Lipinski definition) is 2. The second-order valence-corrected chi connectivity index (χ2v) is 8.73. The maximum Gasteiger partial charge on any atom is 0.417 e. The van der Waals surface area contributed by atoms with Crippen LogP contribution in [0.2, 0.25) is 0 Å². The van der Waals surface area contributed by atoms with Crippen LogP contribution in [0.1, 0.15) is 43.0 Å². The fraction of sp³-hybridized carbons (Fsp3) is 0.435. The van der Waals surface area contributed by atoms with Crippen LogP contribution in [-0.4, -0.2) is 40.0 Å². The third-order valence-corrected chi connectivity index (χ3v) is 6.33. The molecular formula is C23H24F3N5O. The molecule has 2 N–H and O–H groups in total. The van der Waals surface area contributed by atoms with Gasteiger partial charge in [0.1, 0.15) is 5.82 Å². The predicted molar refractivity (Wildman–Crippen MR) is 114 cm³/mol. The van der Waals surface area contributed by atoms with Gasteiger partial charge in [-0.05, 0) is 43.4 Å². The second kappa shape index (κ2) is 8.11. The van der Waals surface area contributed by atoms with E-state index in [4.69, 9.17) is 0 Å². The fourth-order valence-electron chi connectivity index (χ4n) is 4.57. The molecule has 3 heterocycles. The molecule has 2 unspecified atom stereocenters. The summed E-state index contributed by atoms with van der Waals surface area (Å²) in [6, 6.07) is 8.91. The van der Waals surface area contributed by atoms with Crippen molar-refractivity contribution in [3.63, 3.8) is 0 Å². The van der Waals surface area contributed by atoms with Gasteiger partial charge in [0.25, 0.3) is 0 Å². The van der Waals surface area contributed by atoms with Crippen molar-refractivity contribution < 1.29 is 18.0 Å². The molecule has 5 rings (SSSR count). The summed E-state index contributed by atoms with van der Waals surface area (Å²) < 4.78 is 39.0. The number of para-hydroxylation sites is 2. The van der Waals surface area contributed by atoms with Crippen LogP contribution in [0.3, 0.4) is 0 Å². The van der Waals surface area contributed by atoms with Gasteiger partial charge in [0.05, 0.1) is 28.5 Å². The lowest BCUT2D eigenvalue weighted by Gasteiger charge is -2.34. The molecule has 1 saturated heterocycles. The van der Waals surface area contributed by atoms with Crippen molar-refractivity contribution in [2.45, 2.75) is 43.8 Å². The van der Waals surface area contributed by atoms with Gasteiger partial charge in [-0.2, -0.15) is 13.2 Å². The lowest BCUT2D eigenvalue weighted by atomic mass is 10.0. The zero-order valence-corrected chi connectivity index (χ0v) is 17.4.